The third-order valence-electron chi connectivity index (χ3n) is 2.75. The van der Waals surface area contributed by atoms with E-state index in [0.29, 0.717) is 17.3 Å². The number of hydrogen-bond acceptors (Lipinski definition) is 4. The maximum Gasteiger partial charge on any atom is 0.169 e. The zero-order chi connectivity index (χ0) is 13.8. The van der Waals surface area contributed by atoms with Gasteiger partial charge in [0.05, 0.1) is 12.2 Å². The molecule has 1 aromatic heterocycles. The molecule has 2 rings (SSSR count). The van der Waals surface area contributed by atoms with E-state index in [0.717, 1.165) is 11.4 Å². The van der Waals surface area contributed by atoms with Crippen molar-refractivity contribution in [2.45, 2.75) is 31.2 Å². The van der Waals surface area contributed by atoms with E-state index in [2.05, 4.69) is 24.2 Å². The summed E-state index contributed by atoms with van der Waals surface area (Å²) in [5, 5.41) is 7.91. The highest BCUT2D eigenvalue weighted by atomic mass is 32.2. The number of nitrogen functional groups attached to an aromatic ring is 1. The second kappa shape index (κ2) is 6.06. The number of nitrogens with zero attached hydrogens (tertiary/aromatic N) is 3. The number of thioether (sulfide) groups is 1. The lowest BCUT2D eigenvalue weighted by Gasteiger charge is -2.09. The molecule has 0 aliphatic carbocycles. The summed E-state index contributed by atoms with van der Waals surface area (Å²) >= 11 is 1.47. The molecule has 0 fully saturated rings. The Hall–Kier alpha value is -1.56. The Bertz CT molecular complexity index is 553. The molecule has 2 N–H and O–H groups in total. The van der Waals surface area contributed by atoms with Gasteiger partial charge in [-0.05, 0) is 18.1 Å². The first-order chi connectivity index (χ1) is 9.09. The van der Waals surface area contributed by atoms with Crippen molar-refractivity contribution < 1.29 is 4.39 Å². The monoisotopic (exact) mass is 280 g/mol. The molecule has 0 aliphatic heterocycles. The fourth-order valence-corrected chi connectivity index (χ4v) is 2.76. The van der Waals surface area contributed by atoms with Crippen LogP contribution < -0.4 is 5.73 Å². The van der Waals surface area contributed by atoms with Gasteiger partial charge in [-0.15, -0.1) is 16.9 Å². The molecular formula is C13H17FN4S. The van der Waals surface area contributed by atoms with Gasteiger partial charge in [-0.25, -0.2) is 9.07 Å². The summed E-state index contributed by atoms with van der Waals surface area (Å²) in [6.07, 6.45) is 0. The summed E-state index contributed by atoms with van der Waals surface area (Å²) in [6, 6.07) is 6.77. The minimum Gasteiger partial charge on any atom is -0.381 e. The number of anilines is 1. The molecule has 1 aromatic carbocycles. The first kappa shape index (κ1) is 13.9. The number of aryl methyl sites for hydroxylation is 1. The van der Waals surface area contributed by atoms with Crippen molar-refractivity contribution in [3.63, 3.8) is 0 Å². The van der Waals surface area contributed by atoms with Crippen LogP contribution in [0.5, 0.6) is 0 Å². The van der Waals surface area contributed by atoms with E-state index in [1.807, 2.05) is 6.07 Å². The highest BCUT2D eigenvalue weighted by Gasteiger charge is 2.13. The predicted molar refractivity (Wildman–Crippen MR) is 75.6 cm³/mol. The number of rotatable bonds is 5. The van der Waals surface area contributed by atoms with Crippen LogP contribution in [0.25, 0.3) is 0 Å². The van der Waals surface area contributed by atoms with Crippen molar-refractivity contribution in [3.05, 3.63) is 35.8 Å². The van der Waals surface area contributed by atoms with Crippen LogP contribution in [0, 0.1) is 5.82 Å². The minimum atomic E-state index is -0.185. The smallest absolute Gasteiger partial charge is 0.169 e. The van der Waals surface area contributed by atoms with Gasteiger partial charge in [0.2, 0.25) is 0 Å². The van der Waals surface area contributed by atoms with Crippen LogP contribution in [-0.2, 0) is 6.54 Å². The topological polar surface area (TPSA) is 56.7 Å². The van der Waals surface area contributed by atoms with E-state index in [1.54, 1.807) is 16.8 Å². The highest BCUT2D eigenvalue weighted by Crippen LogP contribution is 2.23. The summed E-state index contributed by atoms with van der Waals surface area (Å²) in [7, 11) is 0. The van der Waals surface area contributed by atoms with Crippen LogP contribution in [0.1, 0.15) is 25.5 Å². The third kappa shape index (κ3) is 3.26. The molecule has 0 unspecified atom stereocenters. The Morgan fingerprint density at radius 1 is 1.37 bits per heavy atom. The van der Waals surface area contributed by atoms with Crippen molar-refractivity contribution in [2.24, 2.45) is 0 Å². The molecule has 19 heavy (non-hydrogen) atoms. The fraction of sp³-hybridized carbons (Fsp3) is 0.385. The zero-order valence-corrected chi connectivity index (χ0v) is 11.8. The normalized spacial score (nSPS) is 11.2. The van der Waals surface area contributed by atoms with Gasteiger partial charge in [0, 0.05) is 10.6 Å². The SMILES string of the molecule is CC(C)c1c(N)nnn1CCSc1ccccc1F. The average molecular weight is 280 g/mol. The first-order valence-corrected chi connectivity index (χ1v) is 7.14. The molecule has 102 valence electrons. The van der Waals surface area contributed by atoms with Gasteiger partial charge in [-0.3, -0.25) is 0 Å². The van der Waals surface area contributed by atoms with Crippen LogP contribution in [-0.4, -0.2) is 20.7 Å². The maximum atomic E-state index is 13.5. The Morgan fingerprint density at radius 3 is 2.79 bits per heavy atom. The van der Waals surface area contributed by atoms with Gasteiger partial charge in [-0.2, -0.15) is 0 Å². The Balaban J connectivity index is 1.99. The molecule has 4 nitrogen and oxygen atoms in total. The van der Waals surface area contributed by atoms with Gasteiger partial charge in [-0.1, -0.05) is 31.2 Å². The standard InChI is InChI=1S/C13H17FN4S/c1-9(2)12-13(15)16-17-18(12)7-8-19-11-6-4-3-5-10(11)14/h3-6,9H,7-8,15H2,1-2H3. The Labute approximate surface area is 116 Å². The first-order valence-electron chi connectivity index (χ1n) is 6.15. The summed E-state index contributed by atoms with van der Waals surface area (Å²) in [4.78, 5) is 0.654. The van der Waals surface area contributed by atoms with Gasteiger partial charge < -0.3 is 5.73 Å². The maximum absolute atomic E-state index is 13.5. The number of halogens is 1. The molecule has 0 amide bonds. The van der Waals surface area contributed by atoms with E-state index in [1.165, 1.54) is 17.8 Å². The Kier molecular flexibility index (Phi) is 4.42. The zero-order valence-electron chi connectivity index (χ0n) is 11.0. The molecule has 0 saturated heterocycles. The average Bonchev–Trinajstić information content (AvgIpc) is 2.73. The lowest BCUT2D eigenvalue weighted by molar-refractivity contribution is 0.582. The summed E-state index contributed by atoms with van der Waals surface area (Å²) in [5.41, 5.74) is 6.73. The van der Waals surface area contributed by atoms with Crippen molar-refractivity contribution in [1.29, 1.82) is 0 Å². The van der Waals surface area contributed by atoms with E-state index in [-0.39, 0.29) is 11.7 Å². The summed E-state index contributed by atoms with van der Waals surface area (Å²) in [5.74, 6) is 1.29. The largest absolute Gasteiger partial charge is 0.381 e. The number of benzene rings is 1. The van der Waals surface area contributed by atoms with Gasteiger partial charge >= 0.3 is 0 Å². The number of nitrogens with two attached hydrogens (primary N) is 1. The van der Waals surface area contributed by atoms with Crippen LogP contribution >= 0.6 is 11.8 Å². The van der Waals surface area contributed by atoms with Crippen LogP contribution in [0.3, 0.4) is 0 Å². The molecule has 6 heteroatoms. The van der Waals surface area contributed by atoms with Gasteiger partial charge in [0.25, 0.3) is 0 Å². The second-order valence-corrected chi connectivity index (χ2v) is 5.65. The third-order valence-corrected chi connectivity index (χ3v) is 3.77. The van der Waals surface area contributed by atoms with Crippen molar-refractivity contribution >= 4 is 17.6 Å². The molecule has 0 saturated carbocycles. The van der Waals surface area contributed by atoms with E-state index >= 15 is 0 Å². The van der Waals surface area contributed by atoms with Gasteiger partial charge in [0.1, 0.15) is 5.82 Å². The molecule has 0 bridgehead atoms. The Morgan fingerprint density at radius 2 is 2.11 bits per heavy atom. The van der Waals surface area contributed by atoms with Crippen molar-refractivity contribution in [1.82, 2.24) is 15.0 Å². The van der Waals surface area contributed by atoms with E-state index in [9.17, 15) is 4.39 Å². The van der Waals surface area contributed by atoms with Gasteiger partial charge in [0.15, 0.2) is 5.82 Å². The molecule has 2 aromatic rings. The molecule has 0 aliphatic rings. The molecular weight excluding hydrogens is 263 g/mol. The second-order valence-electron chi connectivity index (χ2n) is 4.52. The van der Waals surface area contributed by atoms with Crippen LogP contribution in [0.15, 0.2) is 29.2 Å². The highest BCUT2D eigenvalue weighted by molar-refractivity contribution is 7.99. The van der Waals surface area contributed by atoms with Crippen molar-refractivity contribution in [2.75, 3.05) is 11.5 Å². The molecule has 0 atom stereocenters. The minimum absolute atomic E-state index is 0.185. The lowest BCUT2D eigenvalue weighted by Crippen LogP contribution is -2.09. The summed E-state index contributed by atoms with van der Waals surface area (Å²) < 4.78 is 15.3. The molecule has 1 heterocycles. The summed E-state index contributed by atoms with van der Waals surface area (Å²) in [6.45, 7) is 4.77. The molecule has 0 radical (unpaired) electrons. The van der Waals surface area contributed by atoms with Crippen LogP contribution in [0.4, 0.5) is 10.2 Å². The lowest BCUT2D eigenvalue weighted by atomic mass is 10.1. The van der Waals surface area contributed by atoms with E-state index in [4.69, 9.17) is 5.73 Å². The van der Waals surface area contributed by atoms with Crippen molar-refractivity contribution in [3.8, 4) is 0 Å². The predicted octanol–water partition coefficient (Wildman–Crippen LogP) is 2.92. The fourth-order valence-electron chi connectivity index (χ4n) is 1.90. The van der Waals surface area contributed by atoms with E-state index < -0.39 is 0 Å². The number of hydrogen-bond donors (Lipinski definition) is 1. The number of aromatic nitrogens is 3. The van der Waals surface area contributed by atoms with Crippen LogP contribution in [0.2, 0.25) is 0 Å². The molecule has 0 spiro atoms. The quantitative estimate of drug-likeness (QED) is 0.856.